The molecule has 1 fully saturated rings. The second-order valence-corrected chi connectivity index (χ2v) is 7.00. The number of halogens is 1. The second-order valence-electron chi connectivity index (χ2n) is 6.09. The molecule has 0 bridgehead atoms. The van der Waals surface area contributed by atoms with Gasteiger partial charge in [0.2, 0.25) is 0 Å². The van der Waals surface area contributed by atoms with Crippen LogP contribution in [0.2, 0.25) is 0 Å². The molecule has 3 heteroatoms. The molecular formula is C15H23BrN2. The second kappa shape index (κ2) is 5.32. The van der Waals surface area contributed by atoms with E-state index in [4.69, 9.17) is 5.73 Å². The lowest BCUT2D eigenvalue weighted by atomic mass is 9.79. The molecule has 2 atom stereocenters. The lowest BCUT2D eigenvalue weighted by molar-refractivity contribution is 0.0664. The summed E-state index contributed by atoms with van der Waals surface area (Å²) in [6.07, 6.45) is 1.09. The first kappa shape index (κ1) is 14.0. The fraction of sp³-hybridized carbons (Fsp3) is 0.600. The van der Waals surface area contributed by atoms with Crippen LogP contribution in [0.25, 0.3) is 0 Å². The van der Waals surface area contributed by atoms with Crippen LogP contribution in [-0.4, -0.2) is 24.0 Å². The summed E-state index contributed by atoms with van der Waals surface area (Å²) in [4.78, 5) is 2.55. The summed E-state index contributed by atoms with van der Waals surface area (Å²) in [5, 5.41) is 0. The van der Waals surface area contributed by atoms with Crippen molar-refractivity contribution in [2.75, 3.05) is 13.1 Å². The van der Waals surface area contributed by atoms with Crippen molar-refractivity contribution in [3.63, 3.8) is 0 Å². The summed E-state index contributed by atoms with van der Waals surface area (Å²) in [7, 11) is 0. The number of likely N-dealkylation sites (tertiary alicyclic amines) is 1. The fourth-order valence-electron chi connectivity index (χ4n) is 2.72. The Morgan fingerprint density at radius 3 is 2.78 bits per heavy atom. The molecule has 0 spiro atoms. The number of piperidine rings is 1. The number of benzene rings is 1. The Morgan fingerprint density at radius 1 is 1.44 bits per heavy atom. The van der Waals surface area contributed by atoms with E-state index in [9.17, 15) is 0 Å². The van der Waals surface area contributed by atoms with Crippen LogP contribution in [-0.2, 0) is 0 Å². The van der Waals surface area contributed by atoms with Gasteiger partial charge in [-0.1, -0.05) is 41.9 Å². The molecule has 2 rings (SSSR count). The van der Waals surface area contributed by atoms with E-state index < -0.39 is 0 Å². The van der Waals surface area contributed by atoms with Crippen LogP contribution < -0.4 is 5.73 Å². The van der Waals surface area contributed by atoms with Gasteiger partial charge in [0, 0.05) is 29.6 Å². The van der Waals surface area contributed by atoms with Crippen molar-refractivity contribution in [2.24, 2.45) is 11.1 Å². The molecule has 1 aromatic rings. The summed E-state index contributed by atoms with van der Waals surface area (Å²) in [5.41, 5.74) is 7.78. The zero-order chi connectivity index (χ0) is 13.3. The fourth-order valence-corrected chi connectivity index (χ4v) is 3.14. The highest BCUT2D eigenvalue weighted by Crippen LogP contribution is 2.33. The zero-order valence-corrected chi connectivity index (χ0v) is 13.1. The van der Waals surface area contributed by atoms with Gasteiger partial charge in [-0.05, 0) is 36.5 Å². The van der Waals surface area contributed by atoms with E-state index in [0.717, 1.165) is 24.0 Å². The first-order valence-electron chi connectivity index (χ1n) is 6.65. The van der Waals surface area contributed by atoms with Gasteiger partial charge in [-0.25, -0.2) is 0 Å². The minimum Gasteiger partial charge on any atom is -0.327 e. The summed E-state index contributed by atoms with van der Waals surface area (Å²) in [6.45, 7) is 9.00. The first-order valence-corrected chi connectivity index (χ1v) is 7.44. The molecule has 0 radical (unpaired) electrons. The van der Waals surface area contributed by atoms with E-state index in [-0.39, 0.29) is 5.41 Å². The van der Waals surface area contributed by atoms with Gasteiger partial charge < -0.3 is 5.73 Å². The molecule has 0 amide bonds. The molecule has 0 aromatic heterocycles. The van der Waals surface area contributed by atoms with Crippen molar-refractivity contribution >= 4 is 15.9 Å². The number of hydrogen-bond donors (Lipinski definition) is 1. The largest absolute Gasteiger partial charge is 0.327 e. The number of nitrogens with zero attached hydrogens (tertiary/aromatic N) is 1. The minimum absolute atomic E-state index is 0.207. The van der Waals surface area contributed by atoms with E-state index in [1.165, 1.54) is 5.56 Å². The van der Waals surface area contributed by atoms with Crippen LogP contribution >= 0.6 is 15.9 Å². The Hall–Kier alpha value is -0.380. The molecule has 2 N–H and O–H groups in total. The van der Waals surface area contributed by atoms with Crippen LogP contribution in [0.3, 0.4) is 0 Å². The molecule has 0 saturated carbocycles. The summed E-state index contributed by atoms with van der Waals surface area (Å²) >= 11 is 3.55. The molecular weight excluding hydrogens is 288 g/mol. The van der Waals surface area contributed by atoms with E-state index in [1.54, 1.807) is 0 Å². The van der Waals surface area contributed by atoms with Crippen molar-refractivity contribution in [2.45, 2.75) is 39.3 Å². The highest BCUT2D eigenvalue weighted by molar-refractivity contribution is 9.10. The molecule has 1 aliphatic rings. The Labute approximate surface area is 119 Å². The van der Waals surface area contributed by atoms with Crippen molar-refractivity contribution < 1.29 is 0 Å². The van der Waals surface area contributed by atoms with E-state index in [2.05, 4.69) is 65.9 Å². The van der Waals surface area contributed by atoms with E-state index in [1.807, 2.05) is 0 Å². The monoisotopic (exact) mass is 310 g/mol. The lowest BCUT2D eigenvalue weighted by Gasteiger charge is -2.45. The molecule has 2 unspecified atom stereocenters. The predicted molar refractivity (Wildman–Crippen MR) is 80.5 cm³/mol. The van der Waals surface area contributed by atoms with Gasteiger partial charge in [0.15, 0.2) is 0 Å². The normalized spacial score (nSPS) is 25.9. The maximum Gasteiger partial charge on any atom is 0.0320 e. The number of rotatable bonds is 2. The Kier molecular flexibility index (Phi) is 4.15. The number of hydrogen-bond acceptors (Lipinski definition) is 2. The third-order valence-electron chi connectivity index (χ3n) is 4.22. The summed E-state index contributed by atoms with van der Waals surface area (Å²) in [6, 6.07) is 9.38. The van der Waals surface area contributed by atoms with Gasteiger partial charge in [0.05, 0.1) is 0 Å². The third-order valence-corrected chi connectivity index (χ3v) is 4.71. The van der Waals surface area contributed by atoms with Crippen molar-refractivity contribution in [3.05, 3.63) is 34.3 Å². The van der Waals surface area contributed by atoms with Gasteiger partial charge in [0.25, 0.3) is 0 Å². The smallest absolute Gasteiger partial charge is 0.0320 e. The summed E-state index contributed by atoms with van der Waals surface area (Å²) < 4.78 is 1.15. The molecule has 18 heavy (non-hydrogen) atoms. The SMILES string of the molecule is CC(c1cccc(Br)c1)N1CCC(N)C(C)(C)C1. The van der Waals surface area contributed by atoms with Gasteiger partial charge in [-0.3, -0.25) is 4.90 Å². The molecule has 100 valence electrons. The lowest BCUT2D eigenvalue weighted by Crippen LogP contribution is -2.52. The van der Waals surface area contributed by atoms with Gasteiger partial charge in [0.1, 0.15) is 0 Å². The van der Waals surface area contributed by atoms with Crippen LogP contribution in [0.15, 0.2) is 28.7 Å². The maximum atomic E-state index is 6.20. The van der Waals surface area contributed by atoms with Crippen molar-refractivity contribution in [3.8, 4) is 0 Å². The minimum atomic E-state index is 0.207. The average Bonchev–Trinajstić information content (AvgIpc) is 2.31. The molecule has 1 heterocycles. The Balaban J connectivity index is 2.13. The Morgan fingerprint density at radius 2 is 2.17 bits per heavy atom. The molecule has 1 aromatic carbocycles. The zero-order valence-electron chi connectivity index (χ0n) is 11.5. The highest BCUT2D eigenvalue weighted by Gasteiger charge is 2.35. The predicted octanol–water partition coefficient (Wildman–Crippen LogP) is 3.57. The standard InChI is InChI=1S/C15H23BrN2/c1-11(12-5-4-6-13(16)9-12)18-8-7-14(17)15(2,3)10-18/h4-6,9,11,14H,7-8,10,17H2,1-3H3. The van der Waals surface area contributed by atoms with Crippen LogP contribution in [0.4, 0.5) is 0 Å². The van der Waals surface area contributed by atoms with E-state index >= 15 is 0 Å². The third kappa shape index (κ3) is 2.95. The van der Waals surface area contributed by atoms with Crippen LogP contribution in [0, 0.1) is 5.41 Å². The molecule has 1 aliphatic heterocycles. The molecule has 1 saturated heterocycles. The molecule has 2 nitrogen and oxygen atoms in total. The molecule has 0 aliphatic carbocycles. The maximum absolute atomic E-state index is 6.20. The topological polar surface area (TPSA) is 29.3 Å². The van der Waals surface area contributed by atoms with Crippen LogP contribution in [0.5, 0.6) is 0 Å². The quantitative estimate of drug-likeness (QED) is 0.905. The van der Waals surface area contributed by atoms with Gasteiger partial charge >= 0.3 is 0 Å². The summed E-state index contributed by atoms with van der Waals surface area (Å²) in [5.74, 6) is 0. The number of nitrogens with two attached hydrogens (primary N) is 1. The van der Waals surface area contributed by atoms with Crippen LogP contribution in [0.1, 0.15) is 38.8 Å². The van der Waals surface area contributed by atoms with Crippen molar-refractivity contribution in [1.29, 1.82) is 0 Å². The Bertz CT molecular complexity index is 417. The van der Waals surface area contributed by atoms with Gasteiger partial charge in [-0.2, -0.15) is 0 Å². The highest BCUT2D eigenvalue weighted by atomic mass is 79.9. The van der Waals surface area contributed by atoms with E-state index in [0.29, 0.717) is 12.1 Å². The first-order chi connectivity index (χ1) is 8.40. The van der Waals surface area contributed by atoms with Crippen molar-refractivity contribution in [1.82, 2.24) is 4.90 Å². The van der Waals surface area contributed by atoms with Gasteiger partial charge in [-0.15, -0.1) is 0 Å². The average molecular weight is 311 g/mol.